The van der Waals surface area contributed by atoms with Crippen molar-refractivity contribution in [3.63, 3.8) is 0 Å². The number of hydrogen-bond donors (Lipinski definition) is 0. The Kier molecular flexibility index (Phi) is 4.08. The number of nitrogens with zero attached hydrogens (tertiary/aromatic N) is 1. The van der Waals surface area contributed by atoms with Crippen molar-refractivity contribution in [2.75, 3.05) is 13.1 Å². The molecule has 0 aliphatic carbocycles. The van der Waals surface area contributed by atoms with Gasteiger partial charge in [-0.1, -0.05) is 29.3 Å². The van der Waals surface area contributed by atoms with Gasteiger partial charge in [-0.2, -0.15) is 0 Å². The number of piperidine rings is 1. The highest BCUT2D eigenvalue weighted by atomic mass is 35.5. The number of halogens is 2. The summed E-state index contributed by atoms with van der Waals surface area (Å²) in [6.07, 6.45) is 1.30. The zero-order valence-electron chi connectivity index (χ0n) is 9.75. The average Bonchev–Trinajstić information content (AvgIpc) is 2.29. The van der Waals surface area contributed by atoms with Crippen LogP contribution in [-0.4, -0.2) is 23.8 Å². The van der Waals surface area contributed by atoms with Crippen LogP contribution < -0.4 is 0 Å². The van der Waals surface area contributed by atoms with Gasteiger partial charge in [-0.3, -0.25) is 9.69 Å². The number of Topliss-reactive ketones (excluding diaryl/α,β-unsaturated/α-hetero) is 1. The van der Waals surface area contributed by atoms with Crippen LogP contribution in [0.2, 0.25) is 10.0 Å². The van der Waals surface area contributed by atoms with Crippen molar-refractivity contribution in [3.05, 3.63) is 33.8 Å². The minimum atomic E-state index is 0.230. The lowest BCUT2D eigenvalue weighted by atomic mass is 10.0. The third kappa shape index (κ3) is 3.01. The fraction of sp³-hybridized carbons (Fsp3) is 0.462. The van der Waals surface area contributed by atoms with Crippen LogP contribution in [0.4, 0.5) is 0 Å². The molecule has 1 aromatic carbocycles. The van der Waals surface area contributed by atoms with Gasteiger partial charge in [0.15, 0.2) is 0 Å². The first kappa shape index (κ1) is 12.9. The topological polar surface area (TPSA) is 20.3 Å². The van der Waals surface area contributed by atoms with E-state index in [1.54, 1.807) is 6.07 Å². The molecule has 1 atom stereocenters. The molecule has 1 aliphatic rings. The Hall–Kier alpha value is -0.570. The molecule has 17 heavy (non-hydrogen) atoms. The Bertz CT molecular complexity index is 423. The van der Waals surface area contributed by atoms with Crippen LogP contribution in [0.15, 0.2) is 18.2 Å². The lowest BCUT2D eigenvalue weighted by Crippen LogP contribution is -2.35. The van der Waals surface area contributed by atoms with E-state index in [1.807, 2.05) is 12.1 Å². The summed E-state index contributed by atoms with van der Waals surface area (Å²) in [5.41, 5.74) is 1.07. The van der Waals surface area contributed by atoms with E-state index >= 15 is 0 Å². The summed E-state index contributed by atoms with van der Waals surface area (Å²) in [6.45, 7) is 3.75. The molecular formula is C13H15Cl2NO. The molecule has 1 aliphatic heterocycles. The van der Waals surface area contributed by atoms with Gasteiger partial charge in [0.25, 0.3) is 0 Å². The van der Waals surface area contributed by atoms with Crippen LogP contribution in [0.1, 0.15) is 31.4 Å². The molecule has 1 fully saturated rings. The molecule has 4 heteroatoms. The minimum Gasteiger partial charge on any atom is -0.300 e. The van der Waals surface area contributed by atoms with E-state index in [4.69, 9.17) is 23.2 Å². The lowest BCUT2D eigenvalue weighted by Gasteiger charge is -2.32. The highest BCUT2D eigenvalue weighted by Gasteiger charge is 2.23. The van der Waals surface area contributed by atoms with Gasteiger partial charge >= 0.3 is 0 Å². The number of hydrogen-bond acceptors (Lipinski definition) is 2. The minimum absolute atomic E-state index is 0.230. The van der Waals surface area contributed by atoms with E-state index in [2.05, 4.69) is 11.8 Å². The summed E-state index contributed by atoms with van der Waals surface area (Å²) >= 11 is 12.1. The number of carbonyl (C=O) groups is 1. The molecule has 0 N–H and O–H groups in total. The average molecular weight is 272 g/mol. The number of carbonyl (C=O) groups excluding carboxylic acids is 1. The first-order valence-electron chi connectivity index (χ1n) is 5.78. The maximum Gasteiger partial charge on any atom is 0.135 e. The van der Waals surface area contributed by atoms with Gasteiger partial charge in [0.1, 0.15) is 5.78 Å². The Labute approximate surface area is 112 Å². The van der Waals surface area contributed by atoms with Crippen molar-refractivity contribution in [1.82, 2.24) is 4.90 Å². The van der Waals surface area contributed by atoms with E-state index in [1.165, 1.54) is 0 Å². The van der Waals surface area contributed by atoms with Crippen molar-refractivity contribution in [2.24, 2.45) is 0 Å². The first-order valence-corrected chi connectivity index (χ1v) is 6.54. The van der Waals surface area contributed by atoms with E-state index in [-0.39, 0.29) is 6.04 Å². The highest BCUT2D eigenvalue weighted by Crippen LogP contribution is 2.30. The molecule has 0 bridgehead atoms. The predicted octanol–water partition coefficient (Wildman–Crippen LogP) is 3.72. The smallest absolute Gasteiger partial charge is 0.135 e. The second kappa shape index (κ2) is 5.38. The summed E-state index contributed by atoms with van der Waals surface area (Å²) < 4.78 is 0. The van der Waals surface area contributed by atoms with E-state index < -0.39 is 0 Å². The number of ketones is 1. The number of likely N-dealkylation sites (tertiary alicyclic amines) is 1. The molecule has 0 saturated carbocycles. The fourth-order valence-electron chi connectivity index (χ4n) is 2.20. The Morgan fingerprint density at radius 1 is 1.24 bits per heavy atom. The molecule has 0 spiro atoms. The molecular weight excluding hydrogens is 257 g/mol. The van der Waals surface area contributed by atoms with Gasteiger partial charge < -0.3 is 0 Å². The molecule has 0 amide bonds. The quantitative estimate of drug-likeness (QED) is 0.817. The van der Waals surface area contributed by atoms with Crippen molar-refractivity contribution < 1.29 is 4.79 Å². The molecule has 1 heterocycles. The molecule has 1 saturated heterocycles. The Morgan fingerprint density at radius 3 is 2.47 bits per heavy atom. The predicted molar refractivity (Wildman–Crippen MR) is 70.7 cm³/mol. The molecule has 1 unspecified atom stereocenters. The fourth-order valence-corrected chi connectivity index (χ4v) is 2.76. The molecule has 1 aromatic rings. The summed E-state index contributed by atoms with van der Waals surface area (Å²) in [5.74, 6) is 0.357. The molecule has 0 aromatic heterocycles. The van der Waals surface area contributed by atoms with Crippen LogP contribution >= 0.6 is 23.2 Å². The van der Waals surface area contributed by atoms with Crippen LogP contribution in [0.3, 0.4) is 0 Å². The Morgan fingerprint density at radius 2 is 1.88 bits per heavy atom. The van der Waals surface area contributed by atoms with Gasteiger partial charge in [0, 0.05) is 42.0 Å². The van der Waals surface area contributed by atoms with E-state index in [9.17, 15) is 4.79 Å². The zero-order chi connectivity index (χ0) is 12.4. The summed E-state index contributed by atoms with van der Waals surface area (Å²) in [4.78, 5) is 13.5. The highest BCUT2D eigenvalue weighted by molar-refractivity contribution is 6.35. The third-order valence-electron chi connectivity index (χ3n) is 3.32. The van der Waals surface area contributed by atoms with Crippen molar-refractivity contribution in [2.45, 2.75) is 25.8 Å². The second-order valence-electron chi connectivity index (χ2n) is 4.42. The number of rotatable bonds is 2. The maximum atomic E-state index is 11.2. The van der Waals surface area contributed by atoms with Crippen molar-refractivity contribution in [1.29, 1.82) is 0 Å². The number of benzene rings is 1. The van der Waals surface area contributed by atoms with E-state index in [0.29, 0.717) is 28.7 Å². The summed E-state index contributed by atoms with van der Waals surface area (Å²) in [7, 11) is 0. The van der Waals surface area contributed by atoms with Gasteiger partial charge in [-0.05, 0) is 24.6 Å². The van der Waals surface area contributed by atoms with Crippen molar-refractivity contribution >= 4 is 29.0 Å². The van der Waals surface area contributed by atoms with Crippen LogP contribution in [0.5, 0.6) is 0 Å². The maximum absolute atomic E-state index is 11.2. The van der Waals surface area contributed by atoms with Gasteiger partial charge in [0.05, 0.1) is 0 Å². The summed E-state index contributed by atoms with van der Waals surface area (Å²) in [6, 6.07) is 5.82. The van der Waals surface area contributed by atoms with Crippen LogP contribution in [0, 0.1) is 0 Å². The Balaban J connectivity index is 2.13. The van der Waals surface area contributed by atoms with Gasteiger partial charge in [0.2, 0.25) is 0 Å². The lowest BCUT2D eigenvalue weighted by molar-refractivity contribution is -0.121. The molecule has 2 rings (SSSR count). The van der Waals surface area contributed by atoms with Crippen LogP contribution in [-0.2, 0) is 4.79 Å². The molecule has 2 nitrogen and oxygen atoms in total. The van der Waals surface area contributed by atoms with E-state index in [0.717, 1.165) is 18.7 Å². The first-order chi connectivity index (χ1) is 8.08. The normalized spacial score (nSPS) is 19.4. The zero-order valence-corrected chi connectivity index (χ0v) is 11.3. The molecule has 0 radical (unpaired) electrons. The second-order valence-corrected chi connectivity index (χ2v) is 5.26. The summed E-state index contributed by atoms with van der Waals surface area (Å²) in [5, 5.41) is 1.35. The monoisotopic (exact) mass is 271 g/mol. The van der Waals surface area contributed by atoms with Crippen molar-refractivity contribution in [3.8, 4) is 0 Å². The largest absolute Gasteiger partial charge is 0.300 e. The third-order valence-corrected chi connectivity index (χ3v) is 3.88. The van der Waals surface area contributed by atoms with Crippen LogP contribution in [0.25, 0.3) is 0 Å². The standard InChI is InChI=1S/C13H15Cl2NO/c1-9(16-6-4-11(17)5-7-16)12-3-2-10(14)8-13(12)15/h2-3,8-9H,4-7H2,1H3. The van der Waals surface area contributed by atoms with Gasteiger partial charge in [-0.15, -0.1) is 0 Å². The van der Waals surface area contributed by atoms with Gasteiger partial charge in [-0.25, -0.2) is 0 Å². The SMILES string of the molecule is CC(c1ccc(Cl)cc1Cl)N1CCC(=O)CC1. The molecule has 92 valence electrons.